The molecule has 1 aromatic carbocycles. The number of nitrogens with one attached hydrogen (secondary N) is 1. The minimum atomic E-state index is -0.439. The Hall–Kier alpha value is -1.56. The molecule has 0 aliphatic heterocycles. The Labute approximate surface area is 101 Å². The van der Waals surface area contributed by atoms with Gasteiger partial charge in [0.05, 0.1) is 5.69 Å². The largest absolute Gasteiger partial charge is 0.381 e. The third-order valence-electron chi connectivity index (χ3n) is 3.34. The van der Waals surface area contributed by atoms with Crippen molar-refractivity contribution in [3.8, 4) is 6.07 Å². The van der Waals surface area contributed by atoms with Crippen LogP contribution in [0, 0.1) is 17.1 Å². The van der Waals surface area contributed by atoms with E-state index in [1.165, 1.54) is 31.7 Å². The maximum atomic E-state index is 13.4. The Kier molecular flexibility index (Phi) is 3.98. The van der Waals surface area contributed by atoms with Gasteiger partial charge < -0.3 is 5.32 Å². The molecule has 0 saturated heterocycles. The second kappa shape index (κ2) is 5.67. The Bertz CT molecular complexity index is 415. The zero-order valence-electron chi connectivity index (χ0n) is 9.88. The summed E-state index contributed by atoms with van der Waals surface area (Å²) in [5.41, 5.74) is 0.774. The molecule has 0 unspecified atom stereocenters. The Morgan fingerprint density at radius 2 is 1.88 bits per heavy atom. The summed E-state index contributed by atoms with van der Waals surface area (Å²) in [6, 6.07) is 7.07. The summed E-state index contributed by atoms with van der Waals surface area (Å²) in [5.74, 6) is -0.439. The van der Waals surface area contributed by atoms with Crippen LogP contribution in [-0.2, 0) is 0 Å². The van der Waals surface area contributed by atoms with Crippen molar-refractivity contribution < 1.29 is 4.39 Å². The molecule has 0 amide bonds. The summed E-state index contributed by atoms with van der Waals surface area (Å²) in [6.45, 7) is 0. The highest BCUT2D eigenvalue weighted by Crippen LogP contribution is 2.24. The molecule has 0 aromatic heterocycles. The van der Waals surface area contributed by atoms with E-state index >= 15 is 0 Å². The van der Waals surface area contributed by atoms with Crippen molar-refractivity contribution in [2.24, 2.45) is 0 Å². The number of nitrogens with zero attached hydrogens (tertiary/aromatic N) is 1. The molecule has 0 radical (unpaired) electrons. The zero-order chi connectivity index (χ0) is 12.1. The second-order valence-corrected chi connectivity index (χ2v) is 4.61. The van der Waals surface area contributed by atoms with E-state index in [9.17, 15) is 4.39 Å². The van der Waals surface area contributed by atoms with E-state index in [2.05, 4.69) is 5.32 Å². The lowest BCUT2D eigenvalue weighted by Crippen LogP contribution is -2.19. The van der Waals surface area contributed by atoms with Crippen molar-refractivity contribution in [1.29, 1.82) is 5.26 Å². The molecule has 0 spiro atoms. The quantitative estimate of drug-likeness (QED) is 0.786. The van der Waals surface area contributed by atoms with Gasteiger partial charge in [0.2, 0.25) is 0 Å². The highest BCUT2D eigenvalue weighted by atomic mass is 19.1. The fraction of sp³-hybridized carbons (Fsp3) is 0.500. The van der Waals surface area contributed by atoms with Crippen molar-refractivity contribution in [2.75, 3.05) is 5.32 Å². The van der Waals surface area contributed by atoms with E-state index in [-0.39, 0.29) is 5.56 Å². The summed E-state index contributed by atoms with van der Waals surface area (Å²) in [6.07, 6.45) is 7.23. The molecule has 2 nitrogen and oxygen atoms in total. The minimum absolute atomic E-state index is 0.136. The highest BCUT2D eigenvalue weighted by molar-refractivity contribution is 5.58. The Balaban J connectivity index is 2.12. The lowest BCUT2D eigenvalue weighted by Gasteiger charge is -2.18. The summed E-state index contributed by atoms with van der Waals surface area (Å²) in [5, 5.41) is 12.3. The van der Waals surface area contributed by atoms with Gasteiger partial charge in [-0.3, -0.25) is 0 Å². The number of hydrogen-bond donors (Lipinski definition) is 1. The highest BCUT2D eigenvalue weighted by Gasteiger charge is 2.14. The first-order chi connectivity index (χ1) is 8.31. The van der Waals surface area contributed by atoms with Crippen molar-refractivity contribution in [2.45, 2.75) is 44.6 Å². The number of halogens is 1. The number of hydrogen-bond acceptors (Lipinski definition) is 2. The normalized spacial score (nSPS) is 17.2. The van der Waals surface area contributed by atoms with Crippen molar-refractivity contribution >= 4 is 5.69 Å². The van der Waals surface area contributed by atoms with Crippen molar-refractivity contribution in [3.05, 3.63) is 29.6 Å². The van der Waals surface area contributed by atoms with E-state index in [1.807, 2.05) is 6.07 Å². The smallest absolute Gasteiger partial charge is 0.143 e. The molecule has 0 atom stereocenters. The molecule has 1 saturated carbocycles. The van der Waals surface area contributed by atoms with Gasteiger partial charge in [0, 0.05) is 6.04 Å². The average Bonchev–Trinajstić information content (AvgIpc) is 2.58. The molecule has 2 rings (SSSR count). The molecule has 1 aliphatic rings. The van der Waals surface area contributed by atoms with Crippen LogP contribution in [0.25, 0.3) is 0 Å². The van der Waals surface area contributed by atoms with E-state index < -0.39 is 5.82 Å². The van der Waals surface area contributed by atoms with Gasteiger partial charge in [-0.25, -0.2) is 4.39 Å². The van der Waals surface area contributed by atoms with Gasteiger partial charge in [-0.1, -0.05) is 31.7 Å². The molecular weight excluding hydrogens is 215 g/mol. The van der Waals surface area contributed by atoms with Gasteiger partial charge in [-0.2, -0.15) is 5.26 Å². The first kappa shape index (κ1) is 11.9. The van der Waals surface area contributed by atoms with E-state index in [0.717, 1.165) is 12.8 Å². The Morgan fingerprint density at radius 1 is 1.18 bits per heavy atom. The lowest BCUT2D eigenvalue weighted by molar-refractivity contribution is 0.611. The van der Waals surface area contributed by atoms with Crippen molar-refractivity contribution in [3.63, 3.8) is 0 Å². The van der Waals surface area contributed by atoms with Crippen LogP contribution in [-0.4, -0.2) is 6.04 Å². The topological polar surface area (TPSA) is 35.8 Å². The molecule has 1 N–H and O–H groups in total. The fourth-order valence-electron chi connectivity index (χ4n) is 2.40. The third kappa shape index (κ3) is 2.97. The first-order valence-corrected chi connectivity index (χ1v) is 6.26. The average molecular weight is 232 g/mol. The maximum Gasteiger partial charge on any atom is 0.143 e. The van der Waals surface area contributed by atoms with E-state index in [0.29, 0.717) is 11.7 Å². The molecule has 1 aliphatic carbocycles. The van der Waals surface area contributed by atoms with Crippen LogP contribution >= 0.6 is 0 Å². The van der Waals surface area contributed by atoms with Gasteiger partial charge >= 0.3 is 0 Å². The zero-order valence-corrected chi connectivity index (χ0v) is 9.88. The van der Waals surface area contributed by atoms with Crippen LogP contribution in [0.4, 0.5) is 10.1 Å². The van der Waals surface area contributed by atoms with Crippen LogP contribution in [0.5, 0.6) is 0 Å². The maximum absolute atomic E-state index is 13.4. The SMILES string of the molecule is N#Cc1c(F)cccc1NC1CCCCCC1. The van der Waals surface area contributed by atoms with Crippen LogP contribution in [0.15, 0.2) is 18.2 Å². The molecule has 1 fully saturated rings. The predicted octanol–water partition coefficient (Wildman–Crippen LogP) is 3.83. The Morgan fingerprint density at radius 3 is 2.53 bits per heavy atom. The molecule has 1 aromatic rings. The second-order valence-electron chi connectivity index (χ2n) is 4.61. The number of benzene rings is 1. The standard InChI is InChI=1S/C14H17FN2/c15-13-8-5-9-14(12(13)10-16)17-11-6-3-1-2-4-7-11/h5,8-9,11,17H,1-4,6-7H2. The monoisotopic (exact) mass is 232 g/mol. The van der Waals surface area contributed by atoms with Crippen LogP contribution in [0.3, 0.4) is 0 Å². The molecule has 0 heterocycles. The lowest BCUT2D eigenvalue weighted by atomic mass is 10.1. The summed E-state index contributed by atoms with van der Waals surface area (Å²) in [4.78, 5) is 0. The van der Waals surface area contributed by atoms with Gasteiger partial charge in [-0.15, -0.1) is 0 Å². The van der Waals surface area contributed by atoms with Gasteiger partial charge in [0.1, 0.15) is 17.4 Å². The van der Waals surface area contributed by atoms with Gasteiger partial charge in [0.25, 0.3) is 0 Å². The third-order valence-corrected chi connectivity index (χ3v) is 3.34. The van der Waals surface area contributed by atoms with E-state index in [1.54, 1.807) is 12.1 Å². The van der Waals surface area contributed by atoms with E-state index in [4.69, 9.17) is 5.26 Å². The van der Waals surface area contributed by atoms with Crippen LogP contribution < -0.4 is 5.32 Å². The number of anilines is 1. The number of nitriles is 1. The molecule has 0 bridgehead atoms. The summed E-state index contributed by atoms with van der Waals surface area (Å²) < 4.78 is 13.4. The number of rotatable bonds is 2. The fourth-order valence-corrected chi connectivity index (χ4v) is 2.40. The van der Waals surface area contributed by atoms with Crippen LogP contribution in [0.2, 0.25) is 0 Å². The molecule has 17 heavy (non-hydrogen) atoms. The predicted molar refractivity (Wildman–Crippen MR) is 66.2 cm³/mol. The minimum Gasteiger partial charge on any atom is -0.381 e. The summed E-state index contributed by atoms with van der Waals surface area (Å²) in [7, 11) is 0. The molecular formula is C14H17FN2. The molecule has 3 heteroatoms. The summed E-state index contributed by atoms with van der Waals surface area (Å²) >= 11 is 0. The van der Waals surface area contributed by atoms with Crippen LogP contribution in [0.1, 0.15) is 44.1 Å². The van der Waals surface area contributed by atoms with Gasteiger partial charge in [0.15, 0.2) is 0 Å². The van der Waals surface area contributed by atoms with Gasteiger partial charge in [-0.05, 0) is 25.0 Å². The first-order valence-electron chi connectivity index (χ1n) is 6.26. The molecule has 90 valence electrons. The van der Waals surface area contributed by atoms with Crippen molar-refractivity contribution in [1.82, 2.24) is 0 Å².